The fourth-order valence-electron chi connectivity index (χ4n) is 1.28. The number of rotatable bonds is 6. The summed E-state index contributed by atoms with van der Waals surface area (Å²) in [6.07, 6.45) is 0.0445. The number of hydrogen-bond acceptors (Lipinski definition) is 5. The zero-order chi connectivity index (χ0) is 16.5. The van der Waals surface area contributed by atoms with Crippen LogP contribution in [-0.2, 0) is 19.1 Å². The normalized spacial score (nSPS) is 11.8. The minimum atomic E-state index is -0.887. The summed E-state index contributed by atoms with van der Waals surface area (Å²) in [4.78, 5) is 34.3. The van der Waals surface area contributed by atoms with Gasteiger partial charge in [-0.3, -0.25) is 14.4 Å². The number of carbonyl (C=O) groups is 3. The Hall–Kier alpha value is -1.96. The number of hydrogen-bond donors (Lipinski definition) is 3. The van der Waals surface area contributed by atoms with E-state index in [1.807, 2.05) is 20.8 Å². The molecule has 0 saturated carbocycles. The summed E-state index contributed by atoms with van der Waals surface area (Å²) in [7, 11) is 1.49. The highest BCUT2D eigenvalue weighted by atomic mass is 16.5. The van der Waals surface area contributed by atoms with E-state index in [1.165, 1.54) is 7.11 Å². The molecule has 8 heteroatoms. The topological polar surface area (TPSA) is 109 Å². The van der Waals surface area contributed by atoms with E-state index in [1.54, 1.807) is 6.92 Å². The Morgan fingerprint density at radius 3 is 2.29 bits per heavy atom. The molecule has 0 radical (unpaired) electrons. The Morgan fingerprint density at radius 2 is 1.76 bits per heavy atom. The summed E-state index contributed by atoms with van der Waals surface area (Å²) in [6, 6.07) is 0. The van der Waals surface area contributed by atoms with Crippen molar-refractivity contribution in [1.82, 2.24) is 16.1 Å². The van der Waals surface area contributed by atoms with Crippen molar-refractivity contribution in [2.75, 3.05) is 20.3 Å². The third-order valence-electron chi connectivity index (χ3n) is 2.08. The molecule has 120 valence electrons. The molecule has 0 aliphatic heterocycles. The van der Waals surface area contributed by atoms with Crippen molar-refractivity contribution in [1.29, 1.82) is 0 Å². The van der Waals surface area contributed by atoms with Crippen LogP contribution in [0.5, 0.6) is 0 Å². The minimum Gasteiger partial charge on any atom is -0.383 e. The van der Waals surface area contributed by atoms with Crippen molar-refractivity contribution in [3.63, 3.8) is 0 Å². The van der Waals surface area contributed by atoms with Crippen LogP contribution in [0.25, 0.3) is 0 Å². The van der Waals surface area contributed by atoms with Gasteiger partial charge in [-0.15, -0.1) is 0 Å². The van der Waals surface area contributed by atoms with Gasteiger partial charge in [-0.25, -0.2) is 5.43 Å². The summed E-state index contributed by atoms with van der Waals surface area (Å²) >= 11 is 0. The van der Waals surface area contributed by atoms with Crippen molar-refractivity contribution in [2.24, 2.45) is 5.10 Å². The number of amides is 3. The van der Waals surface area contributed by atoms with E-state index >= 15 is 0 Å². The number of nitrogens with one attached hydrogen (secondary N) is 3. The van der Waals surface area contributed by atoms with E-state index in [0.717, 1.165) is 0 Å². The summed E-state index contributed by atoms with van der Waals surface area (Å²) in [5.41, 5.74) is 2.16. The van der Waals surface area contributed by atoms with Crippen LogP contribution in [0.15, 0.2) is 5.10 Å². The van der Waals surface area contributed by atoms with Crippen LogP contribution in [0.1, 0.15) is 34.1 Å². The van der Waals surface area contributed by atoms with Crippen LogP contribution in [0, 0.1) is 0 Å². The third-order valence-corrected chi connectivity index (χ3v) is 2.08. The van der Waals surface area contributed by atoms with Gasteiger partial charge in [0.05, 0.1) is 13.0 Å². The van der Waals surface area contributed by atoms with Gasteiger partial charge in [0.25, 0.3) is 0 Å². The maximum Gasteiger partial charge on any atom is 0.329 e. The van der Waals surface area contributed by atoms with Crippen molar-refractivity contribution >= 4 is 23.4 Å². The highest BCUT2D eigenvalue weighted by Gasteiger charge is 2.15. The molecule has 0 aliphatic carbocycles. The molecule has 0 rings (SSSR count). The molecule has 3 N–H and O–H groups in total. The lowest BCUT2D eigenvalue weighted by molar-refractivity contribution is -0.139. The first-order valence-corrected chi connectivity index (χ1v) is 6.57. The lowest BCUT2D eigenvalue weighted by Crippen LogP contribution is -2.41. The van der Waals surface area contributed by atoms with Gasteiger partial charge in [-0.2, -0.15) is 5.10 Å². The quantitative estimate of drug-likeness (QED) is 0.267. The van der Waals surface area contributed by atoms with Crippen molar-refractivity contribution < 1.29 is 19.1 Å². The summed E-state index contributed by atoms with van der Waals surface area (Å²) < 4.78 is 4.74. The van der Waals surface area contributed by atoms with E-state index in [-0.39, 0.29) is 24.4 Å². The molecule has 0 atom stereocenters. The van der Waals surface area contributed by atoms with Crippen LogP contribution in [0.3, 0.4) is 0 Å². The van der Waals surface area contributed by atoms with E-state index < -0.39 is 11.8 Å². The van der Waals surface area contributed by atoms with Gasteiger partial charge in [0, 0.05) is 24.9 Å². The molecule has 3 amide bonds. The highest BCUT2D eigenvalue weighted by Crippen LogP contribution is 1.99. The minimum absolute atomic E-state index is 0.0445. The first kappa shape index (κ1) is 19.0. The molecule has 8 nitrogen and oxygen atoms in total. The molecule has 0 bridgehead atoms. The predicted octanol–water partition coefficient (Wildman–Crippen LogP) is -0.454. The Balaban J connectivity index is 4.19. The maximum absolute atomic E-state index is 11.6. The van der Waals surface area contributed by atoms with E-state index in [4.69, 9.17) is 4.74 Å². The third kappa shape index (κ3) is 10.5. The van der Waals surface area contributed by atoms with E-state index in [0.29, 0.717) is 12.3 Å². The number of hydrazone groups is 1. The van der Waals surface area contributed by atoms with E-state index in [9.17, 15) is 14.4 Å². The van der Waals surface area contributed by atoms with Gasteiger partial charge in [0.15, 0.2) is 0 Å². The Kier molecular flexibility index (Phi) is 8.22. The molecular formula is C13H24N4O4. The monoisotopic (exact) mass is 300 g/mol. The summed E-state index contributed by atoms with van der Waals surface area (Å²) in [5, 5.41) is 8.83. The van der Waals surface area contributed by atoms with Crippen molar-refractivity contribution in [3.05, 3.63) is 0 Å². The Morgan fingerprint density at radius 1 is 1.14 bits per heavy atom. The van der Waals surface area contributed by atoms with Crippen LogP contribution in [0.2, 0.25) is 0 Å². The zero-order valence-corrected chi connectivity index (χ0v) is 13.2. The summed E-state index contributed by atoms with van der Waals surface area (Å²) in [5.74, 6) is -1.90. The van der Waals surface area contributed by atoms with Crippen molar-refractivity contribution in [2.45, 2.75) is 39.7 Å². The van der Waals surface area contributed by atoms with Gasteiger partial charge in [-0.05, 0) is 27.7 Å². The first-order valence-electron chi connectivity index (χ1n) is 6.57. The molecular weight excluding hydrogens is 276 g/mol. The average molecular weight is 300 g/mol. The molecule has 0 aromatic carbocycles. The first-order chi connectivity index (χ1) is 9.65. The molecule has 0 aromatic rings. The van der Waals surface area contributed by atoms with Gasteiger partial charge in [0.2, 0.25) is 5.91 Å². The SMILES string of the molecule is COCCNC(=O)C(=O)N/N=C(/C)CC(=O)NC(C)(C)C. The van der Waals surface area contributed by atoms with Gasteiger partial charge >= 0.3 is 11.8 Å². The van der Waals surface area contributed by atoms with Crippen LogP contribution in [-0.4, -0.2) is 49.2 Å². The number of ether oxygens (including phenoxy) is 1. The lowest BCUT2D eigenvalue weighted by Gasteiger charge is -2.20. The molecule has 0 aromatic heterocycles. The van der Waals surface area contributed by atoms with Gasteiger partial charge in [-0.1, -0.05) is 0 Å². The molecule has 0 aliphatic rings. The van der Waals surface area contributed by atoms with Crippen LogP contribution in [0.4, 0.5) is 0 Å². The number of methoxy groups -OCH3 is 1. The van der Waals surface area contributed by atoms with Crippen LogP contribution >= 0.6 is 0 Å². The smallest absolute Gasteiger partial charge is 0.329 e. The zero-order valence-electron chi connectivity index (χ0n) is 13.2. The standard InChI is InChI=1S/C13H24N4O4/c1-9(8-10(18)15-13(2,3)4)16-17-12(20)11(19)14-6-7-21-5/h6-8H2,1-5H3,(H,14,19)(H,15,18)(H,17,20)/b16-9-. The van der Waals surface area contributed by atoms with Crippen molar-refractivity contribution in [3.8, 4) is 0 Å². The fourth-order valence-corrected chi connectivity index (χ4v) is 1.28. The largest absolute Gasteiger partial charge is 0.383 e. The second-order valence-electron chi connectivity index (χ2n) is 5.51. The number of nitrogens with zero attached hydrogens (tertiary/aromatic N) is 1. The summed E-state index contributed by atoms with van der Waals surface area (Å²) in [6.45, 7) is 7.73. The molecule has 0 spiro atoms. The Bertz CT molecular complexity index is 413. The Labute approximate surface area is 124 Å². The number of carbonyl (C=O) groups excluding carboxylic acids is 3. The van der Waals surface area contributed by atoms with Gasteiger partial charge < -0.3 is 15.4 Å². The predicted molar refractivity (Wildman–Crippen MR) is 78.7 cm³/mol. The molecule has 0 unspecified atom stereocenters. The highest BCUT2D eigenvalue weighted by molar-refractivity contribution is 6.35. The molecule has 0 saturated heterocycles. The second-order valence-corrected chi connectivity index (χ2v) is 5.51. The maximum atomic E-state index is 11.6. The van der Waals surface area contributed by atoms with E-state index in [2.05, 4.69) is 21.2 Å². The van der Waals surface area contributed by atoms with Gasteiger partial charge in [0.1, 0.15) is 0 Å². The van der Waals surface area contributed by atoms with Crippen LogP contribution < -0.4 is 16.1 Å². The molecule has 21 heavy (non-hydrogen) atoms. The molecule has 0 heterocycles. The molecule has 0 fully saturated rings. The fraction of sp³-hybridized carbons (Fsp3) is 0.692. The second kappa shape index (κ2) is 9.06. The lowest BCUT2D eigenvalue weighted by atomic mass is 10.1. The average Bonchev–Trinajstić information content (AvgIpc) is 2.33.